The van der Waals surface area contributed by atoms with Gasteiger partial charge in [0.1, 0.15) is 0 Å². The first kappa shape index (κ1) is 13.9. The summed E-state index contributed by atoms with van der Waals surface area (Å²) < 4.78 is 0. The van der Waals surface area contributed by atoms with Gasteiger partial charge in [0.15, 0.2) is 17.3 Å². The molecule has 0 amide bonds. The van der Waals surface area contributed by atoms with E-state index in [2.05, 4.69) is 6.58 Å². The van der Waals surface area contributed by atoms with Crippen LogP contribution in [0.3, 0.4) is 0 Å². The number of hydrogen-bond donors (Lipinski definition) is 2. The average molecular weight is 268 g/mol. The zero-order valence-electron chi connectivity index (χ0n) is 11.0. The summed E-state index contributed by atoms with van der Waals surface area (Å²) in [4.78, 5) is 12.3. The number of benzene rings is 2. The van der Waals surface area contributed by atoms with E-state index in [1.807, 2.05) is 30.3 Å². The molecule has 102 valence electrons. The molecule has 0 aliphatic heterocycles. The third-order valence-corrected chi connectivity index (χ3v) is 3.12. The van der Waals surface area contributed by atoms with E-state index >= 15 is 0 Å². The molecule has 3 nitrogen and oxygen atoms in total. The first-order valence-corrected chi connectivity index (χ1v) is 6.35. The number of hydrogen-bond acceptors (Lipinski definition) is 3. The zero-order chi connectivity index (χ0) is 14.5. The number of ketones is 1. The minimum atomic E-state index is -0.246. The first-order chi connectivity index (χ1) is 9.63. The number of carbonyl (C=O) groups excluding carboxylic acids is 1. The van der Waals surface area contributed by atoms with Crippen molar-refractivity contribution >= 4 is 5.78 Å². The van der Waals surface area contributed by atoms with Crippen LogP contribution >= 0.6 is 0 Å². The summed E-state index contributed by atoms with van der Waals surface area (Å²) in [6.45, 7) is 3.61. The number of allylic oxidation sites excluding steroid dienone is 1. The summed E-state index contributed by atoms with van der Waals surface area (Å²) in [6, 6.07) is 12.3. The molecule has 0 saturated heterocycles. The molecule has 0 unspecified atom stereocenters. The second-order valence-electron chi connectivity index (χ2n) is 4.54. The number of phenolic OH excluding ortho intramolecular Hbond substituents is 2. The average Bonchev–Trinajstić information content (AvgIpc) is 2.45. The van der Waals surface area contributed by atoms with Gasteiger partial charge in [-0.25, -0.2) is 0 Å². The number of carbonyl (C=O) groups is 1. The molecule has 0 saturated carbocycles. The van der Waals surface area contributed by atoms with Gasteiger partial charge in [-0.3, -0.25) is 4.79 Å². The Balaban J connectivity index is 2.34. The zero-order valence-corrected chi connectivity index (χ0v) is 11.0. The topological polar surface area (TPSA) is 57.5 Å². The van der Waals surface area contributed by atoms with Crippen LogP contribution in [0.4, 0.5) is 0 Å². The molecule has 20 heavy (non-hydrogen) atoms. The van der Waals surface area contributed by atoms with Gasteiger partial charge < -0.3 is 10.2 Å². The molecule has 2 aromatic carbocycles. The van der Waals surface area contributed by atoms with Crippen LogP contribution < -0.4 is 0 Å². The van der Waals surface area contributed by atoms with Gasteiger partial charge in [0.2, 0.25) is 0 Å². The van der Waals surface area contributed by atoms with E-state index in [-0.39, 0.29) is 23.7 Å². The van der Waals surface area contributed by atoms with Gasteiger partial charge in [0.05, 0.1) is 0 Å². The molecular weight excluding hydrogens is 252 g/mol. The van der Waals surface area contributed by atoms with E-state index < -0.39 is 0 Å². The van der Waals surface area contributed by atoms with Crippen molar-refractivity contribution in [2.75, 3.05) is 0 Å². The Labute approximate surface area is 117 Å². The van der Waals surface area contributed by atoms with Crippen LogP contribution in [0.25, 0.3) is 0 Å². The highest BCUT2D eigenvalue weighted by Gasteiger charge is 2.16. The fourth-order valence-corrected chi connectivity index (χ4v) is 2.11. The van der Waals surface area contributed by atoms with Crippen LogP contribution in [-0.4, -0.2) is 16.0 Å². The summed E-state index contributed by atoms with van der Waals surface area (Å²) in [7, 11) is 0. The van der Waals surface area contributed by atoms with Crippen molar-refractivity contribution in [1.29, 1.82) is 0 Å². The van der Waals surface area contributed by atoms with Gasteiger partial charge in [0.25, 0.3) is 0 Å². The smallest absolute Gasteiger partial charge is 0.167 e. The molecular formula is C17H16O3. The molecule has 0 spiro atoms. The van der Waals surface area contributed by atoms with Gasteiger partial charge >= 0.3 is 0 Å². The minimum absolute atomic E-state index is 0.0941. The van der Waals surface area contributed by atoms with Crippen LogP contribution in [0.5, 0.6) is 11.5 Å². The SMILES string of the molecule is C=CCc1c(C(=O)Cc2ccccc2)ccc(O)c1O. The summed E-state index contributed by atoms with van der Waals surface area (Å²) >= 11 is 0. The Morgan fingerprint density at radius 1 is 1.10 bits per heavy atom. The molecule has 0 heterocycles. The van der Waals surface area contributed by atoms with E-state index in [1.54, 1.807) is 12.1 Å². The Kier molecular flexibility index (Phi) is 4.20. The lowest BCUT2D eigenvalue weighted by Crippen LogP contribution is -2.07. The van der Waals surface area contributed by atoms with Crippen molar-refractivity contribution in [3.05, 3.63) is 71.8 Å². The molecule has 0 aliphatic carbocycles. The maximum atomic E-state index is 12.3. The maximum absolute atomic E-state index is 12.3. The molecule has 3 heteroatoms. The Morgan fingerprint density at radius 2 is 1.80 bits per heavy atom. The number of rotatable bonds is 5. The highest BCUT2D eigenvalue weighted by molar-refractivity contribution is 5.99. The van der Waals surface area contributed by atoms with E-state index in [0.29, 0.717) is 17.5 Å². The number of aromatic hydroxyl groups is 2. The second kappa shape index (κ2) is 6.06. The Bertz CT molecular complexity index is 630. The van der Waals surface area contributed by atoms with Crippen LogP contribution in [-0.2, 0) is 12.8 Å². The van der Waals surface area contributed by atoms with Crippen LogP contribution in [0.1, 0.15) is 21.5 Å². The Hall–Kier alpha value is -2.55. The minimum Gasteiger partial charge on any atom is -0.504 e. The van der Waals surface area contributed by atoms with Crippen molar-refractivity contribution in [1.82, 2.24) is 0 Å². The van der Waals surface area contributed by atoms with Gasteiger partial charge in [-0.05, 0) is 24.1 Å². The monoisotopic (exact) mass is 268 g/mol. The molecule has 2 N–H and O–H groups in total. The van der Waals surface area contributed by atoms with E-state index in [0.717, 1.165) is 5.56 Å². The molecule has 2 aromatic rings. The third-order valence-electron chi connectivity index (χ3n) is 3.12. The summed E-state index contributed by atoms with van der Waals surface area (Å²) in [5.74, 6) is -0.565. The first-order valence-electron chi connectivity index (χ1n) is 6.35. The molecule has 0 fully saturated rings. The predicted molar refractivity (Wildman–Crippen MR) is 78.1 cm³/mol. The molecule has 0 bridgehead atoms. The summed E-state index contributed by atoms with van der Waals surface area (Å²) in [6.07, 6.45) is 2.18. The third kappa shape index (κ3) is 2.88. The number of phenols is 2. The molecule has 0 atom stereocenters. The van der Waals surface area contributed by atoms with Crippen LogP contribution in [0, 0.1) is 0 Å². The largest absolute Gasteiger partial charge is 0.504 e. The molecule has 0 radical (unpaired) electrons. The van der Waals surface area contributed by atoms with Gasteiger partial charge in [-0.1, -0.05) is 36.4 Å². The highest BCUT2D eigenvalue weighted by atomic mass is 16.3. The molecule has 0 aliphatic rings. The molecule has 0 aromatic heterocycles. The second-order valence-corrected chi connectivity index (χ2v) is 4.54. The maximum Gasteiger partial charge on any atom is 0.167 e. The summed E-state index contributed by atoms with van der Waals surface area (Å²) in [5.41, 5.74) is 1.75. The normalized spacial score (nSPS) is 10.2. The van der Waals surface area contributed by atoms with E-state index in [1.165, 1.54) is 6.07 Å². The van der Waals surface area contributed by atoms with Crippen LogP contribution in [0.2, 0.25) is 0 Å². The van der Waals surface area contributed by atoms with Crippen molar-refractivity contribution < 1.29 is 15.0 Å². The quantitative estimate of drug-likeness (QED) is 0.497. The lowest BCUT2D eigenvalue weighted by molar-refractivity contribution is 0.0991. The summed E-state index contributed by atoms with van der Waals surface area (Å²) in [5, 5.41) is 19.4. The Morgan fingerprint density at radius 3 is 2.45 bits per heavy atom. The van der Waals surface area contributed by atoms with Gasteiger partial charge in [-0.2, -0.15) is 0 Å². The highest BCUT2D eigenvalue weighted by Crippen LogP contribution is 2.32. The number of Topliss-reactive ketones (excluding diaryl/α,β-unsaturated/α-hetero) is 1. The standard InChI is InChI=1S/C17H16O3/c1-2-6-14-13(9-10-15(18)17(14)20)16(19)11-12-7-4-3-5-8-12/h2-5,7-10,18,20H,1,6,11H2. The van der Waals surface area contributed by atoms with Gasteiger partial charge in [0, 0.05) is 17.5 Å². The lowest BCUT2D eigenvalue weighted by atomic mass is 9.95. The van der Waals surface area contributed by atoms with Crippen molar-refractivity contribution in [3.63, 3.8) is 0 Å². The van der Waals surface area contributed by atoms with Crippen molar-refractivity contribution in [2.45, 2.75) is 12.8 Å². The fourth-order valence-electron chi connectivity index (χ4n) is 2.11. The fraction of sp³-hybridized carbons (Fsp3) is 0.118. The van der Waals surface area contributed by atoms with Crippen LogP contribution in [0.15, 0.2) is 55.1 Å². The van der Waals surface area contributed by atoms with Crippen molar-refractivity contribution in [2.24, 2.45) is 0 Å². The van der Waals surface area contributed by atoms with Crippen molar-refractivity contribution in [3.8, 4) is 11.5 Å². The van der Waals surface area contributed by atoms with Gasteiger partial charge in [-0.15, -0.1) is 6.58 Å². The molecule has 2 rings (SSSR count). The van der Waals surface area contributed by atoms with E-state index in [4.69, 9.17) is 0 Å². The lowest BCUT2D eigenvalue weighted by Gasteiger charge is -2.10. The predicted octanol–water partition coefficient (Wildman–Crippen LogP) is 3.25. The van der Waals surface area contributed by atoms with E-state index in [9.17, 15) is 15.0 Å².